The number of nitrogens with one attached hydrogen (secondary N) is 2. The van der Waals surface area contributed by atoms with E-state index in [4.69, 9.17) is 4.74 Å². The fourth-order valence-electron chi connectivity index (χ4n) is 6.72. The molecule has 1 aromatic rings. The number of amides is 2. The van der Waals surface area contributed by atoms with Crippen LogP contribution in [0.15, 0.2) is 24.3 Å². The molecular formula is C27H35F2N3O3. The molecule has 1 aromatic carbocycles. The molecule has 3 aliphatic carbocycles. The van der Waals surface area contributed by atoms with Crippen molar-refractivity contribution in [1.82, 2.24) is 15.5 Å². The summed E-state index contributed by atoms with van der Waals surface area (Å²) in [6.45, 7) is 4.05. The van der Waals surface area contributed by atoms with Gasteiger partial charge in [0.25, 0.3) is 0 Å². The van der Waals surface area contributed by atoms with Gasteiger partial charge in [0.05, 0.1) is 18.9 Å². The van der Waals surface area contributed by atoms with E-state index in [1.165, 1.54) is 33.0 Å². The molecule has 0 radical (unpaired) electrons. The lowest BCUT2D eigenvalue weighted by Gasteiger charge is -2.26. The summed E-state index contributed by atoms with van der Waals surface area (Å²) in [6, 6.07) is 2.33. The molecule has 1 aliphatic heterocycles. The smallest absolute Gasteiger partial charge is 0.224 e. The number of unbranched alkanes of at least 4 members (excludes halogenated alkanes) is 1. The van der Waals surface area contributed by atoms with E-state index >= 15 is 0 Å². The van der Waals surface area contributed by atoms with Crippen molar-refractivity contribution in [3.8, 4) is 5.75 Å². The number of allylic oxidation sites excluding steroid dienone is 2. The Bertz CT molecular complexity index is 980. The van der Waals surface area contributed by atoms with Gasteiger partial charge in [0, 0.05) is 13.1 Å². The van der Waals surface area contributed by atoms with Crippen LogP contribution in [-0.4, -0.2) is 50.0 Å². The maximum absolute atomic E-state index is 14.1. The minimum Gasteiger partial charge on any atom is -0.491 e. The molecule has 0 aromatic heterocycles. The molecule has 2 N–H and O–H groups in total. The van der Waals surface area contributed by atoms with Crippen molar-refractivity contribution in [2.75, 3.05) is 33.3 Å². The maximum Gasteiger partial charge on any atom is 0.224 e. The second-order valence-electron chi connectivity index (χ2n) is 10.6. The molecule has 2 bridgehead atoms. The third-order valence-corrected chi connectivity index (χ3v) is 8.57. The van der Waals surface area contributed by atoms with Crippen molar-refractivity contribution >= 4 is 11.8 Å². The molecular weight excluding hydrogens is 452 g/mol. The Balaban J connectivity index is 1.19. The van der Waals surface area contributed by atoms with Gasteiger partial charge >= 0.3 is 0 Å². The lowest BCUT2D eigenvalue weighted by atomic mass is 9.81. The van der Waals surface area contributed by atoms with Gasteiger partial charge < -0.3 is 20.3 Å². The summed E-state index contributed by atoms with van der Waals surface area (Å²) in [5.74, 6) is -3.04. The number of carbonyl (C=O) groups is 2. The van der Waals surface area contributed by atoms with Crippen molar-refractivity contribution in [1.29, 1.82) is 0 Å². The van der Waals surface area contributed by atoms with E-state index in [9.17, 15) is 18.4 Å². The number of benzene rings is 1. The number of ether oxygens (including phenoxy) is 1. The van der Waals surface area contributed by atoms with Crippen LogP contribution >= 0.6 is 0 Å². The van der Waals surface area contributed by atoms with E-state index in [2.05, 4.69) is 27.7 Å². The number of carbonyl (C=O) groups excluding carboxylic acids is 2. The summed E-state index contributed by atoms with van der Waals surface area (Å²) in [5, 5.41) is 5.95. The van der Waals surface area contributed by atoms with Crippen molar-refractivity contribution in [2.45, 2.75) is 45.1 Å². The summed E-state index contributed by atoms with van der Waals surface area (Å²) in [6.07, 6.45) is 10.8. The highest BCUT2D eigenvalue weighted by Crippen LogP contribution is 2.72. The molecule has 0 unspecified atom stereocenters. The largest absolute Gasteiger partial charge is 0.491 e. The van der Waals surface area contributed by atoms with Crippen LogP contribution in [0, 0.1) is 40.7 Å². The monoisotopic (exact) mass is 487 g/mol. The van der Waals surface area contributed by atoms with Crippen molar-refractivity contribution < 1.29 is 23.1 Å². The highest BCUT2D eigenvalue weighted by Gasteiger charge is 2.69. The molecule has 4 aliphatic rings. The van der Waals surface area contributed by atoms with Crippen molar-refractivity contribution in [3.63, 3.8) is 0 Å². The third-order valence-electron chi connectivity index (χ3n) is 8.57. The van der Waals surface area contributed by atoms with Gasteiger partial charge in [-0.05, 0) is 93.1 Å². The molecule has 6 nitrogen and oxygen atoms in total. The van der Waals surface area contributed by atoms with Gasteiger partial charge in [-0.3, -0.25) is 9.59 Å². The number of nitrogens with zero attached hydrogens (tertiary/aromatic N) is 1. The first-order valence-electron chi connectivity index (χ1n) is 12.9. The van der Waals surface area contributed by atoms with Crippen LogP contribution < -0.4 is 15.4 Å². The van der Waals surface area contributed by atoms with Gasteiger partial charge in [-0.2, -0.15) is 0 Å². The second-order valence-corrected chi connectivity index (χ2v) is 10.6. The maximum atomic E-state index is 14.1. The lowest BCUT2D eigenvalue weighted by Crippen LogP contribution is -2.44. The molecule has 1 spiro atoms. The molecule has 2 amide bonds. The van der Waals surface area contributed by atoms with E-state index in [1.807, 2.05) is 0 Å². The average molecular weight is 488 g/mol. The van der Waals surface area contributed by atoms with Gasteiger partial charge in [-0.25, -0.2) is 8.78 Å². The lowest BCUT2D eigenvalue weighted by molar-refractivity contribution is -0.135. The van der Waals surface area contributed by atoms with E-state index in [-0.39, 0.29) is 35.6 Å². The summed E-state index contributed by atoms with van der Waals surface area (Å²) in [4.78, 5) is 29.1. The Kier molecular flexibility index (Phi) is 6.84. The van der Waals surface area contributed by atoms with Crippen LogP contribution in [0.25, 0.3) is 0 Å². The molecule has 5 rings (SSSR count). The molecule has 2 saturated carbocycles. The quantitative estimate of drug-likeness (QED) is 0.392. The number of hydrogen-bond donors (Lipinski definition) is 2. The normalized spacial score (nSPS) is 28.0. The number of rotatable bonds is 10. The van der Waals surface area contributed by atoms with Crippen LogP contribution in [0.1, 0.15) is 44.1 Å². The number of methoxy groups -OCH3 is 1. The van der Waals surface area contributed by atoms with Gasteiger partial charge in [0.1, 0.15) is 0 Å². The average Bonchev–Trinajstić information content (AvgIpc) is 3.19. The Hall–Kier alpha value is -2.48. The van der Waals surface area contributed by atoms with Crippen LogP contribution in [0.5, 0.6) is 5.75 Å². The van der Waals surface area contributed by atoms with Crippen molar-refractivity contribution in [2.24, 2.45) is 29.1 Å². The second kappa shape index (κ2) is 9.88. The molecule has 1 saturated heterocycles. The number of halogens is 2. The van der Waals surface area contributed by atoms with Crippen LogP contribution in [0.4, 0.5) is 8.78 Å². The minimum absolute atomic E-state index is 0.00783. The van der Waals surface area contributed by atoms with Gasteiger partial charge in [0.15, 0.2) is 17.4 Å². The summed E-state index contributed by atoms with van der Waals surface area (Å²) in [5.41, 5.74) is 0.353. The molecule has 4 atom stereocenters. The van der Waals surface area contributed by atoms with Gasteiger partial charge in [0.2, 0.25) is 11.8 Å². The van der Waals surface area contributed by atoms with Gasteiger partial charge in [-0.1, -0.05) is 12.2 Å². The fraction of sp³-hybridized carbons (Fsp3) is 0.630. The Morgan fingerprint density at radius 2 is 1.60 bits per heavy atom. The highest BCUT2D eigenvalue weighted by atomic mass is 19.1. The Morgan fingerprint density at radius 1 is 1.00 bits per heavy atom. The predicted molar refractivity (Wildman–Crippen MR) is 127 cm³/mol. The summed E-state index contributed by atoms with van der Waals surface area (Å²) >= 11 is 0. The molecule has 1 heterocycles. The van der Waals surface area contributed by atoms with Crippen LogP contribution in [0.2, 0.25) is 0 Å². The van der Waals surface area contributed by atoms with E-state index in [0.29, 0.717) is 12.1 Å². The minimum atomic E-state index is -0.807. The zero-order valence-electron chi connectivity index (χ0n) is 20.3. The third kappa shape index (κ3) is 4.57. The van der Waals surface area contributed by atoms with Gasteiger partial charge in [-0.15, -0.1) is 0 Å². The molecule has 35 heavy (non-hydrogen) atoms. The van der Waals surface area contributed by atoms with E-state index in [0.717, 1.165) is 44.4 Å². The first-order chi connectivity index (χ1) is 16.9. The Morgan fingerprint density at radius 3 is 2.17 bits per heavy atom. The predicted octanol–water partition coefficient (Wildman–Crippen LogP) is 3.41. The first-order valence-corrected chi connectivity index (χ1v) is 12.9. The zero-order chi connectivity index (χ0) is 24.6. The van der Waals surface area contributed by atoms with Crippen LogP contribution in [0.3, 0.4) is 0 Å². The number of hydrogen-bond acceptors (Lipinski definition) is 4. The number of likely N-dealkylation sites (tertiary alicyclic amines) is 1. The summed E-state index contributed by atoms with van der Waals surface area (Å²) < 4.78 is 32.8. The topological polar surface area (TPSA) is 70.7 Å². The standard InChI is InChI=1S/C27H35F2N3O3/c1-35-24-20(28)14-17(15-21(24)29)16-31-26(34)23-19-7-6-18(27(19)8-9-27)22(23)25(33)30-10-2-3-11-32-12-4-5-13-32/h6-7,14-15,18-19,22-23H,2-5,8-13,16H2,1H3,(H,30,33)(H,31,34)/t18-,19+,22-,23-/m1/s1. The summed E-state index contributed by atoms with van der Waals surface area (Å²) in [7, 11) is 1.21. The Labute approximate surface area is 205 Å². The fourth-order valence-corrected chi connectivity index (χ4v) is 6.72. The first kappa shape index (κ1) is 24.2. The van der Waals surface area contributed by atoms with E-state index < -0.39 is 29.2 Å². The van der Waals surface area contributed by atoms with Crippen molar-refractivity contribution in [3.05, 3.63) is 41.5 Å². The van der Waals surface area contributed by atoms with Crippen LogP contribution in [-0.2, 0) is 16.1 Å². The van der Waals surface area contributed by atoms with E-state index in [1.54, 1.807) is 0 Å². The highest BCUT2D eigenvalue weighted by molar-refractivity contribution is 5.90. The molecule has 190 valence electrons. The molecule has 3 fully saturated rings. The molecule has 8 heteroatoms. The SMILES string of the molecule is COc1c(F)cc(CNC(=O)[C@H]2[C@H](C(=O)NCCCCN3CCCC3)[C@H]3C=C[C@@H]2C32CC2)cc1F. The zero-order valence-corrected chi connectivity index (χ0v) is 20.3.